The number of benzene rings is 1. The second-order valence-corrected chi connectivity index (χ2v) is 6.39. The molecule has 1 atom stereocenters. The van der Waals surface area contributed by atoms with Gasteiger partial charge in [-0.25, -0.2) is 0 Å². The lowest BCUT2D eigenvalue weighted by Gasteiger charge is -2.26. The molecular formula is C19H21NO4. The van der Waals surface area contributed by atoms with Crippen molar-refractivity contribution in [1.29, 1.82) is 0 Å². The van der Waals surface area contributed by atoms with Crippen LogP contribution in [0.4, 0.5) is 0 Å². The smallest absolute Gasteiger partial charge is 0.257 e. The summed E-state index contributed by atoms with van der Waals surface area (Å²) in [4.78, 5) is 14.9. The molecule has 2 aromatic rings. The van der Waals surface area contributed by atoms with Gasteiger partial charge in [-0.15, -0.1) is 0 Å². The first-order valence-electron chi connectivity index (χ1n) is 8.41. The van der Waals surface area contributed by atoms with Gasteiger partial charge in [0.15, 0.2) is 11.5 Å². The molecule has 5 nitrogen and oxygen atoms in total. The zero-order valence-electron chi connectivity index (χ0n) is 14.0. The van der Waals surface area contributed by atoms with Gasteiger partial charge in [0.2, 0.25) is 0 Å². The van der Waals surface area contributed by atoms with Crippen LogP contribution in [0.2, 0.25) is 0 Å². The number of fused-ring (bicyclic) bond motifs is 1. The predicted molar refractivity (Wildman–Crippen MR) is 88.6 cm³/mol. The van der Waals surface area contributed by atoms with Crippen LogP contribution in [0.25, 0.3) is 0 Å². The number of furan rings is 1. The monoisotopic (exact) mass is 327 g/mol. The number of hydrogen-bond donors (Lipinski definition) is 0. The van der Waals surface area contributed by atoms with Crippen LogP contribution in [0.5, 0.6) is 11.5 Å². The van der Waals surface area contributed by atoms with Gasteiger partial charge in [0.25, 0.3) is 5.91 Å². The molecule has 0 bridgehead atoms. The summed E-state index contributed by atoms with van der Waals surface area (Å²) in [5.74, 6) is 3.05. The first-order valence-corrected chi connectivity index (χ1v) is 8.41. The number of carbonyl (C=O) groups is 1. The van der Waals surface area contributed by atoms with E-state index in [0.29, 0.717) is 24.5 Å². The van der Waals surface area contributed by atoms with E-state index in [1.54, 1.807) is 0 Å². The van der Waals surface area contributed by atoms with Crippen molar-refractivity contribution in [3.8, 4) is 11.5 Å². The van der Waals surface area contributed by atoms with Gasteiger partial charge in [-0.3, -0.25) is 4.79 Å². The van der Waals surface area contributed by atoms with E-state index in [9.17, 15) is 4.79 Å². The fourth-order valence-corrected chi connectivity index (χ4v) is 3.62. The van der Waals surface area contributed by atoms with Crippen LogP contribution in [0.15, 0.2) is 28.7 Å². The van der Waals surface area contributed by atoms with Crippen LogP contribution in [-0.4, -0.2) is 30.6 Å². The maximum absolute atomic E-state index is 13.0. The molecule has 0 radical (unpaired) electrons. The number of aryl methyl sites for hydroxylation is 2. The quantitative estimate of drug-likeness (QED) is 0.845. The van der Waals surface area contributed by atoms with E-state index in [2.05, 4.69) is 0 Å². The summed E-state index contributed by atoms with van der Waals surface area (Å²) in [6.07, 6.45) is 1.96. The van der Waals surface area contributed by atoms with Gasteiger partial charge < -0.3 is 18.8 Å². The minimum atomic E-state index is 0.0433. The van der Waals surface area contributed by atoms with Crippen molar-refractivity contribution in [2.75, 3.05) is 19.8 Å². The summed E-state index contributed by atoms with van der Waals surface area (Å²) < 4.78 is 16.8. The molecular weight excluding hydrogens is 306 g/mol. The number of hydrogen-bond acceptors (Lipinski definition) is 4. The Hall–Kier alpha value is -2.43. The van der Waals surface area contributed by atoms with Crippen LogP contribution < -0.4 is 9.47 Å². The number of likely N-dealkylation sites (tertiary alicyclic amines) is 1. The van der Waals surface area contributed by atoms with E-state index in [1.165, 1.54) is 0 Å². The number of nitrogens with zero attached hydrogens (tertiary/aromatic N) is 1. The molecule has 2 aliphatic heterocycles. The normalized spacial score (nSPS) is 19.6. The first kappa shape index (κ1) is 15.1. The Morgan fingerprint density at radius 2 is 1.92 bits per heavy atom. The van der Waals surface area contributed by atoms with Gasteiger partial charge in [-0.1, -0.05) is 6.07 Å². The molecule has 4 rings (SSSR count). The Labute approximate surface area is 141 Å². The molecule has 1 unspecified atom stereocenters. The molecule has 1 aromatic heterocycles. The van der Waals surface area contributed by atoms with Crippen molar-refractivity contribution in [2.45, 2.75) is 32.7 Å². The van der Waals surface area contributed by atoms with Gasteiger partial charge in [0, 0.05) is 6.54 Å². The summed E-state index contributed by atoms with van der Waals surface area (Å²) in [6.45, 7) is 5.62. The Kier molecular flexibility index (Phi) is 3.71. The van der Waals surface area contributed by atoms with E-state index in [0.717, 1.165) is 42.2 Å². The predicted octanol–water partition coefficient (Wildman–Crippen LogP) is 3.64. The molecule has 1 fully saturated rings. The number of carbonyl (C=O) groups excluding carboxylic acids is 1. The van der Waals surface area contributed by atoms with E-state index in [-0.39, 0.29) is 11.9 Å². The summed E-state index contributed by atoms with van der Waals surface area (Å²) in [7, 11) is 0. The molecule has 126 valence electrons. The van der Waals surface area contributed by atoms with Gasteiger partial charge in [-0.2, -0.15) is 0 Å². The third-order valence-electron chi connectivity index (χ3n) is 4.74. The Morgan fingerprint density at radius 1 is 1.12 bits per heavy atom. The fraction of sp³-hybridized carbons (Fsp3) is 0.421. The van der Waals surface area contributed by atoms with Crippen LogP contribution in [0.1, 0.15) is 46.3 Å². The van der Waals surface area contributed by atoms with E-state index >= 15 is 0 Å². The van der Waals surface area contributed by atoms with Crippen LogP contribution >= 0.6 is 0 Å². The zero-order valence-corrected chi connectivity index (χ0v) is 14.0. The average Bonchev–Trinajstić information content (AvgIpc) is 3.20. The van der Waals surface area contributed by atoms with Crippen molar-refractivity contribution < 1.29 is 18.7 Å². The molecule has 0 saturated carbocycles. The van der Waals surface area contributed by atoms with Crippen molar-refractivity contribution in [2.24, 2.45) is 0 Å². The molecule has 1 aromatic carbocycles. The number of ether oxygens (including phenoxy) is 2. The summed E-state index contributed by atoms with van der Waals surface area (Å²) in [5.41, 5.74) is 1.76. The molecule has 5 heteroatoms. The zero-order chi connectivity index (χ0) is 16.7. The average molecular weight is 327 g/mol. The number of amides is 1. The van der Waals surface area contributed by atoms with E-state index in [4.69, 9.17) is 13.9 Å². The fourth-order valence-electron chi connectivity index (χ4n) is 3.62. The van der Waals surface area contributed by atoms with Crippen molar-refractivity contribution in [1.82, 2.24) is 4.90 Å². The standard InChI is InChI=1S/C19H21NO4/c1-12-10-15(13(2)24-12)19(21)20-7-3-4-16(20)14-5-6-17-18(11-14)23-9-8-22-17/h5-6,10-11,16H,3-4,7-9H2,1-2H3. The maximum Gasteiger partial charge on any atom is 0.257 e. The highest BCUT2D eigenvalue weighted by molar-refractivity contribution is 5.95. The molecule has 1 amide bonds. The summed E-state index contributed by atoms with van der Waals surface area (Å²) in [6, 6.07) is 7.90. The maximum atomic E-state index is 13.0. The van der Waals surface area contributed by atoms with Crippen LogP contribution in [-0.2, 0) is 0 Å². The van der Waals surface area contributed by atoms with Crippen LogP contribution in [0, 0.1) is 13.8 Å². The highest BCUT2D eigenvalue weighted by atomic mass is 16.6. The lowest BCUT2D eigenvalue weighted by molar-refractivity contribution is 0.0733. The van der Waals surface area contributed by atoms with Crippen LogP contribution in [0.3, 0.4) is 0 Å². The number of rotatable bonds is 2. The molecule has 2 aliphatic rings. The van der Waals surface area contributed by atoms with Crippen molar-refractivity contribution in [3.05, 3.63) is 46.9 Å². The lowest BCUT2D eigenvalue weighted by Crippen LogP contribution is -2.30. The largest absolute Gasteiger partial charge is 0.486 e. The Balaban J connectivity index is 1.63. The second-order valence-electron chi connectivity index (χ2n) is 6.39. The third kappa shape index (κ3) is 2.54. The second kappa shape index (κ2) is 5.89. The van der Waals surface area contributed by atoms with Gasteiger partial charge in [0.05, 0.1) is 11.6 Å². The summed E-state index contributed by atoms with van der Waals surface area (Å²) >= 11 is 0. The highest BCUT2D eigenvalue weighted by Gasteiger charge is 2.32. The SMILES string of the molecule is Cc1cc(C(=O)N2CCCC2c2ccc3c(c2)OCCO3)c(C)o1. The van der Waals surface area contributed by atoms with E-state index < -0.39 is 0 Å². The molecule has 3 heterocycles. The van der Waals surface area contributed by atoms with Gasteiger partial charge in [0.1, 0.15) is 24.7 Å². The Morgan fingerprint density at radius 3 is 2.67 bits per heavy atom. The van der Waals surface area contributed by atoms with Crippen molar-refractivity contribution in [3.63, 3.8) is 0 Å². The molecule has 24 heavy (non-hydrogen) atoms. The third-order valence-corrected chi connectivity index (χ3v) is 4.74. The lowest BCUT2D eigenvalue weighted by atomic mass is 10.0. The topological polar surface area (TPSA) is 51.9 Å². The molecule has 0 aliphatic carbocycles. The highest BCUT2D eigenvalue weighted by Crippen LogP contribution is 2.38. The first-order chi connectivity index (χ1) is 11.6. The summed E-state index contributed by atoms with van der Waals surface area (Å²) in [5, 5.41) is 0. The minimum absolute atomic E-state index is 0.0433. The van der Waals surface area contributed by atoms with Crippen molar-refractivity contribution >= 4 is 5.91 Å². The van der Waals surface area contributed by atoms with Gasteiger partial charge >= 0.3 is 0 Å². The Bertz CT molecular complexity index is 780. The minimum Gasteiger partial charge on any atom is -0.486 e. The molecule has 0 spiro atoms. The molecule has 1 saturated heterocycles. The van der Waals surface area contributed by atoms with E-state index in [1.807, 2.05) is 43.0 Å². The van der Waals surface area contributed by atoms with Gasteiger partial charge in [-0.05, 0) is 50.5 Å². The molecule has 0 N–H and O–H groups in total.